The molecule has 3 atom stereocenters. The number of hydrogen-bond acceptors (Lipinski definition) is 12. The van der Waals surface area contributed by atoms with E-state index in [1.54, 1.807) is 0 Å². The van der Waals surface area contributed by atoms with Crippen LogP contribution in [0.3, 0.4) is 0 Å². The molecule has 0 radical (unpaired) electrons. The van der Waals surface area contributed by atoms with E-state index in [1.165, 1.54) is 62.8 Å². The van der Waals surface area contributed by atoms with E-state index in [0.29, 0.717) is 16.1 Å². The molecule has 230 valence electrons. The fourth-order valence-corrected chi connectivity index (χ4v) is 5.49. The number of methoxy groups -OCH3 is 2. The third kappa shape index (κ3) is 5.63. The van der Waals surface area contributed by atoms with Crippen LogP contribution in [-0.4, -0.2) is 69.5 Å². The Balaban J connectivity index is 1.47. The normalized spacial score (nSPS) is 21.7. The molecule has 5 rings (SSSR count). The van der Waals surface area contributed by atoms with Crippen LogP contribution in [0.25, 0.3) is 11.2 Å². The molecule has 0 unspecified atom stereocenters. The van der Waals surface area contributed by atoms with E-state index in [9.17, 15) is 18.5 Å². The minimum atomic E-state index is -4.95. The van der Waals surface area contributed by atoms with Gasteiger partial charge in [-0.2, -0.15) is 8.78 Å². The van der Waals surface area contributed by atoms with E-state index in [1.807, 2.05) is 0 Å². The number of halogens is 4. The number of anilines is 1. The lowest BCUT2D eigenvalue weighted by Gasteiger charge is -2.31. The Morgan fingerprint density at radius 3 is 2.02 bits per heavy atom. The van der Waals surface area contributed by atoms with E-state index < -0.39 is 44.7 Å². The number of alkyl halides is 4. The summed E-state index contributed by atoms with van der Waals surface area (Å²) in [5.41, 5.74) is 1.90. The third-order valence-electron chi connectivity index (χ3n) is 6.50. The van der Waals surface area contributed by atoms with Gasteiger partial charge in [-0.05, 0) is 48.5 Å². The van der Waals surface area contributed by atoms with Crippen LogP contribution in [0.5, 0.6) is 23.0 Å². The fraction of sp³-hybridized carbons (Fsp3) is 0.320. The van der Waals surface area contributed by atoms with Crippen molar-refractivity contribution in [1.29, 1.82) is 0 Å². The molecule has 0 amide bonds. The molecule has 1 aliphatic heterocycles. The van der Waals surface area contributed by atoms with Gasteiger partial charge < -0.3 is 34.1 Å². The van der Waals surface area contributed by atoms with Crippen molar-refractivity contribution in [3.63, 3.8) is 0 Å². The number of imidazole rings is 1. The van der Waals surface area contributed by atoms with Gasteiger partial charge in [0.1, 0.15) is 34.8 Å². The molecule has 2 aromatic carbocycles. The van der Waals surface area contributed by atoms with Crippen LogP contribution < -0.4 is 24.3 Å². The number of rotatable bonds is 11. The quantitative estimate of drug-likeness (QED) is 0.180. The summed E-state index contributed by atoms with van der Waals surface area (Å²) in [6, 6.07) is 11.0. The van der Waals surface area contributed by atoms with Crippen molar-refractivity contribution in [3.8, 4) is 23.0 Å². The van der Waals surface area contributed by atoms with Crippen molar-refractivity contribution in [2.45, 2.75) is 30.3 Å². The highest BCUT2D eigenvalue weighted by Crippen LogP contribution is 2.55. The number of ether oxygens (including phenoxy) is 3. The molecule has 0 aliphatic carbocycles. The second kappa shape index (κ2) is 11.5. The predicted molar refractivity (Wildman–Crippen MR) is 140 cm³/mol. The zero-order valence-electron chi connectivity index (χ0n) is 22.3. The molecule has 1 aliphatic rings. The second-order valence-corrected chi connectivity index (χ2v) is 10.7. The Morgan fingerprint density at radius 2 is 1.51 bits per heavy atom. The zero-order valence-corrected chi connectivity index (χ0v) is 23.2. The summed E-state index contributed by atoms with van der Waals surface area (Å²) >= 11 is 0. The summed E-state index contributed by atoms with van der Waals surface area (Å²) in [5.74, 6) is -3.92. The largest absolute Gasteiger partial charge is 0.587 e. The Morgan fingerprint density at radius 1 is 0.977 bits per heavy atom. The molecule has 1 fully saturated rings. The fourth-order valence-electron chi connectivity index (χ4n) is 4.22. The number of benzene rings is 2. The summed E-state index contributed by atoms with van der Waals surface area (Å²) in [4.78, 5) is 11.4. The van der Waals surface area contributed by atoms with E-state index in [0.717, 1.165) is 12.7 Å². The van der Waals surface area contributed by atoms with E-state index >= 15 is 8.78 Å². The van der Waals surface area contributed by atoms with Gasteiger partial charge in [0.25, 0.3) is 6.43 Å². The van der Waals surface area contributed by atoms with E-state index in [2.05, 4.69) is 15.0 Å². The van der Waals surface area contributed by atoms with Crippen molar-refractivity contribution in [2.75, 3.05) is 26.6 Å². The summed E-state index contributed by atoms with van der Waals surface area (Å²) in [6.45, 7) is -1.56. The second-order valence-electron chi connectivity index (χ2n) is 9.14. The SMILES string of the molecule is COc1ccc(OP(=O)(OC[C@@]2(C(F)F)O[C@@H](n3cnc4c(N)ncnc43)C(F)(F)[C@@H]2O)Oc2ccc(OC)cc2)cc1. The molecule has 13 nitrogen and oxygen atoms in total. The smallest absolute Gasteiger partial charge is 0.497 e. The number of aromatic nitrogens is 4. The lowest BCUT2D eigenvalue weighted by molar-refractivity contribution is -0.192. The summed E-state index contributed by atoms with van der Waals surface area (Å²) in [5, 5.41) is 10.6. The lowest BCUT2D eigenvalue weighted by Crippen LogP contribution is -2.54. The van der Waals surface area contributed by atoms with Crippen LogP contribution >= 0.6 is 7.82 Å². The van der Waals surface area contributed by atoms with Crippen molar-refractivity contribution in [1.82, 2.24) is 19.5 Å². The highest BCUT2D eigenvalue weighted by molar-refractivity contribution is 7.49. The number of fused-ring (bicyclic) bond motifs is 1. The number of nitrogens with zero attached hydrogens (tertiary/aromatic N) is 4. The van der Waals surface area contributed by atoms with Crippen LogP contribution in [0.2, 0.25) is 0 Å². The minimum absolute atomic E-state index is 0.104. The standard InChI is InChI=1S/C25H24F4N5O8P/c1-37-14-3-7-16(8-4-14)41-43(36,42-17-9-5-15(38-2)6-10-17)39-11-24(22(26)27)21(35)25(28,29)23(40-24)34-13-33-18-19(30)31-12-32-20(18)34/h3-10,12-13,21-23,35H,11H2,1-2H3,(H2,30,31,32)/t21-,23-,24-/m1/s1. The van der Waals surface area contributed by atoms with Crippen molar-refractivity contribution >= 4 is 24.8 Å². The van der Waals surface area contributed by atoms with Gasteiger partial charge >= 0.3 is 13.7 Å². The molecule has 3 heterocycles. The van der Waals surface area contributed by atoms with Gasteiger partial charge in [0, 0.05) is 0 Å². The number of aliphatic hydroxyl groups is 1. The molecule has 0 bridgehead atoms. The zero-order chi connectivity index (χ0) is 31.0. The number of phosphoric acid groups is 1. The number of aliphatic hydroxyl groups excluding tert-OH is 1. The number of hydrogen-bond donors (Lipinski definition) is 2. The monoisotopic (exact) mass is 629 g/mol. The van der Waals surface area contributed by atoms with Gasteiger partial charge in [-0.25, -0.2) is 28.3 Å². The Hall–Kier alpha value is -4.18. The van der Waals surface area contributed by atoms with Crippen LogP contribution in [0.4, 0.5) is 23.4 Å². The first kappa shape index (κ1) is 30.3. The average Bonchev–Trinajstić information content (AvgIpc) is 3.50. The number of phosphoric ester groups is 1. The Bertz CT molecular complexity index is 1570. The summed E-state index contributed by atoms with van der Waals surface area (Å²) in [7, 11) is -2.13. The maximum absolute atomic E-state index is 15.5. The van der Waals surface area contributed by atoms with Crippen molar-refractivity contribution in [3.05, 3.63) is 61.2 Å². The van der Waals surface area contributed by atoms with Gasteiger partial charge in [-0.3, -0.25) is 9.09 Å². The van der Waals surface area contributed by atoms with Crippen LogP contribution in [-0.2, 0) is 13.8 Å². The first-order chi connectivity index (χ1) is 20.4. The Kier molecular flexibility index (Phi) is 8.09. The van der Waals surface area contributed by atoms with Crippen molar-refractivity contribution < 1.29 is 55.0 Å². The highest BCUT2D eigenvalue weighted by Gasteiger charge is 2.71. The van der Waals surface area contributed by atoms with Gasteiger partial charge in [-0.15, -0.1) is 0 Å². The topological polar surface area (TPSA) is 162 Å². The van der Waals surface area contributed by atoms with Gasteiger partial charge in [0.15, 0.2) is 23.2 Å². The third-order valence-corrected chi connectivity index (χ3v) is 7.81. The minimum Gasteiger partial charge on any atom is -0.497 e. The number of nitrogens with two attached hydrogens (primary N) is 1. The van der Waals surface area contributed by atoms with Crippen molar-refractivity contribution in [2.24, 2.45) is 0 Å². The van der Waals surface area contributed by atoms with Gasteiger partial charge in [-0.1, -0.05) is 0 Å². The first-order valence-electron chi connectivity index (χ1n) is 12.3. The summed E-state index contributed by atoms with van der Waals surface area (Å²) in [6.07, 6.45) is -7.73. The molecule has 3 N–H and O–H groups in total. The highest BCUT2D eigenvalue weighted by atomic mass is 31.2. The molecule has 0 saturated carbocycles. The average molecular weight is 629 g/mol. The molecule has 0 spiro atoms. The number of nitrogen functional groups attached to an aromatic ring is 1. The molecule has 43 heavy (non-hydrogen) atoms. The lowest BCUT2D eigenvalue weighted by atomic mass is 9.96. The maximum Gasteiger partial charge on any atom is 0.587 e. The maximum atomic E-state index is 15.5. The van der Waals surface area contributed by atoms with E-state index in [4.69, 9.17) is 33.5 Å². The van der Waals surface area contributed by atoms with Gasteiger partial charge in [0.05, 0.1) is 27.2 Å². The molecule has 2 aromatic heterocycles. The summed E-state index contributed by atoms with van der Waals surface area (Å²) < 4.78 is 106. The van der Waals surface area contributed by atoms with Crippen LogP contribution in [0.15, 0.2) is 61.2 Å². The van der Waals surface area contributed by atoms with E-state index in [-0.39, 0.29) is 28.5 Å². The van der Waals surface area contributed by atoms with Gasteiger partial charge in [0.2, 0.25) is 6.23 Å². The molecular weight excluding hydrogens is 605 g/mol. The van der Waals surface area contributed by atoms with Crippen LogP contribution in [0, 0.1) is 0 Å². The van der Waals surface area contributed by atoms with Crippen LogP contribution in [0.1, 0.15) is 6.23 Å². The Labute approximate surface area is 240 Å². The molecular formula is C25H24F4N5O8P. The first-order valence-corrected chi connectivity index (χ1v) is 13.8. The predicted octanol–water partition coefficient (Wildman–Crippen LogP) is 4.24. The molecule has 18 heteroatoms. The molecule has 1 saturated heterocycles. The molecule has 4 aromatic rings.